The Morgan fingerprint density at radius 3 is 2.40 bits per heavy atom. The van der Waals surface area contributed by atoms with Crippen molar-refractivity contribution in [1.82, 2.24) is 4.90 Å². The number of piperidine rings is 1. The van der Waals surface area contributed by atoms with Gasteiger partial charge in [0.05, 0.1) is 11.8 Å². The average Bonchev–Trinajstić information content (AvgIpc) is 2.19. The van der Waals surface area contributed by atoms with Crippen LogP contribution in [0.5, 0.6) is 0 Å². The van der Waals surface area contributed by atoms with Gasteiger partial charge in [0.25, 0.3) is 5.91 Å². The molecule has 0 atom stereocenters. The molecule has 0 spiro atoms. The summed E-state index contributed by atoms with van der Waals surface area (Å²) >= 11 is 0. The zero-order valence-electron chi connectivity index (χ0n) is 9.29. The summed E-state index contributed by atoms with van der Waals surface area (Å²) in [4.78, 5) is 13.5. The first-order chi connectivity index (χ1) is 7.06. The molecule has 1 aliphatic rings. The Hall–Kier alpha value is -1.32. The van der Waals surface area contributed by atoms with Gasteiger partial charge in [-0.2, -0.15) is 0 Å². The Balaban J connectivity index is 2.64. The maximum atomic E-state index is 11.8. The second-order valence-corrected chi connectivity index (χ2v) is 4.14. The van der Waals surface area contributed by atoms with E-state index in [1.807, 2.05) is 0 Å². The molecule has 2 N–H and O–H groups in total. The van der Waals surface area contributed by atoms with Crippen LogP contribution in [-0.4, -0.2) is 34.7 Å². The number of rotatable bonds is 2. The molecule has 0 bridgehead atoms. The highest BCUT2D eigenvalue weighted by Crippen LogP contribution is 2.17. The van der Waals surface area contributed by atoms with Crippen LogP contribution in [0.15, 0.2) is 11.8 Å². The summed E-state index contributed by atoms with van der Waals surface area (Å²) in [5, 5.41) is 16.3. The number of aliphatic hydroxyl groups is 1. The molecule has 0 radical (unpaired) electrons. The number of hydrogen-bond donors (Lipinski definition) is 2. The highest BCUT2D eigenvalue weighted by Gasteiger charge is 2.23. The van der Waals surface area contributed by atoms with Gasteiger partial charge in [-0.3, -0.25) is 4.79 Å². The van der Waals surface area contributed by atoms with E-state index >= 15 is 0 Å². The third-order valence-electron chi connectivity index (χ3n) is 2.83. The molecule has 0 aromatic heterocycles. The van der Waals surface area contributed by atoms with Crippen molar-refractivity contribution >= 4 is 11.6 Å². The zero-order valence-corrected chi connectivity index (χ0v) is 9.29. The molecule has 1 fully saturated rings. The van der Waals surface area contributed by atoms with Crippen molar-refractivity contribution in [1.29, 1.82) is 5.41 Å². The Kier molecular flexibility index (Phi) is 3.88. The van der Waals surface area contributed by atoms with Crippen molar-refractivity contribution in [3.63, 3.8) is 0 Å². The second kappa shape index (κ2) is 4.96. The van der Waals surface area contributed by atoms with Gasteiger partial charge in [0.2, 0.25) is 0 Å². The fourth-order valence-corrected chi connectivity index (χ4v) is 1.69. The number of hydrogen-bond acceptors (Lipinski definition) is 3. The first-order valence-electron chi connectivity index (χ1n) is 5.25. The molecule has 1 saturated heterocycles. The van der Waals surface area contributed by atoms with Gasteiger partial charge in [0.15, 0.2) is 0 Å². The first kappa shape index (κ1) is 11.8. The van der Waals surface area contributed by atoms with Crippen molar-refractivity contribution in [3.8, 4) is 0 Å². The number of carbonyl (C=O) groups is 1. The third kappa shape index (κ3) is 2.81. The van der Waals surface area contributed by atoms with Crippen LogP contribution in [0.2, 0.25) is 0 Å². The maximum absolute atomic E-state index is 11.8. The lowest BCUT2D eigenvalue weighted by Gasteiger charge is -2.30. The fraction of sp³-hybridized carbons (Fsp3) is 0.636. The molecule has 1 heterocycles. The molecule has 1 amide bonds. The normalized spacial score (nSPS) is 19.1. The lowest BCUT2D eigenvalue weighted by molar-refractivity contribution is -0.127. The van der Waals surface area contributed by atoms with Gasteiger partial charge in [0, 0.05) is 18.8 Å². The van der Waals surface area contributed by atoms with Gasteiger partial charge in [-0.05, 0) is 25.7 Å². The van der Waals surface area contributed by atoms with Crippen molar-refractivity contribution < 1.29 is 9.90 Å². The number of nitrogens with one attached hydrogen (secondary N) is 1. The van der Waals surface area contributed by atoms with Crippen molar-refractivity contribution in [3.05, 3.63) is 11.8 Å². The Labute approximate surface area is 90.1 Å². The number of carbonyl (C=O) groups excluding carboxylic acids is 1. The highest BCUT2D eigenvalue weighted by atomic mass is 16.2. The summed E-state index contributed by atoms with van der Waals surface area (Å²) in [7, 11) is 0. The molecule has 0 aliphatic carbocycles. The smallest absolute Gasteiger partial charge is 0.258 e. The number of aliphatic hydroxyl groups excluding tert-OH is 1. The molecule has 0 unspecified atom stereocenters. The Morgan fingerprint density at radius 2 is 2.00 bits per heavy atom. The molecule has 84 valence electrons. The number of amides is 1. The van der Waals surface area contributed by atoms with Crippen LogP contribution in [0.25, 0.3) is 0 Å². The van der Waals surface area contributed by atoms with Crippen LogP contribution in [0.4, 0.5) is 0 Å². The van der Waals surface area contributed by atoms with Gasteiger partial charge in [0.1, 0.15) is 0 Å². The van der Waals surface area contributed by atoms with Crippen LogP contribution in [-0.2, 0) is 4.79 Å². The van der Waals surface area contributed by atoms with Crippen LogP contribution in [0.1, 0.15) is 26.7 Å². The summed E-state index contributed by atoms with van der Waals surface area (Å²) < 4.78 is 0. The second-order valence-electron chi connectivity index (χ2n) is 4.14. The van der Waals surface area contributed by atoms with E-state index in [0.717, 1.165) is 32.2 Å². The predicted octanol–water partition coefficient (Wildman–Crippen LogP) is 1.73. The molecule has 4 nitrogen and oxygen atoms in total. The summed E-state index contributed by atoms with van der Waals surface area (Å²) in [6.45, 7) is 5.13. The molecule has 1 aliphatic heterocycles. The minimum Gasteiger partial charge on any atom is -0.515 e. The summed E-state index contributed by atoms with van der Waals surface area (Å²) in [6.07, 6.45) is 2.74. The minimum atomic E-state index is -0.225. The van der Waals surface area contributed by atoms with Crippen LogP contribution < -0.4 is 0 Å². The number of likely N-dealkylation sites (tertiary alicyclic amines) is 1. The van der Waals surface area contributed by atoms with E-state index in [4.69, 9.17) is 10.5 Å². The quantitative estimate of drug-likeness (QED) is 0.414. The van der Waals surface area contributed by atoms with Crippen LogP contribution in [0.3, 0.4) is 0 Å². The van der Waals surface area contributed by atoms with Gasteiger partial charge < -0.3 is 15.4 Å². The SMILES string of the molecule is CC(=N)/C(=C\O)C(=O)N1CCC(C)CC1. The summed E-state index contributed by atoms with van der Waals surface area (Å²) in [6, 6.07) is 0. The lowest BCUT2D eigenvalue weighted by Crippen LogP contribution is -2.39. The molecule has 4 heteroatoms. The van der Waals surface area contributed by atoms with E-state index < -0.39 is 0 Å². The van der Waals surface area contributed by atoms with Crippen molar-refractivity contribution in [2.24, 2.45) is 5.92 Å². The van der Waals surface area contributed by atoms with Gasteiger partial charge in [-0.15, -0.1) is 0 Å². The predicted molar refractivity (Wildman–Crippen MR) is 59.1 cm³/mol. The van der Waals surface area contributed by atoms with E-state index in [-0.39, 0.29) is 17.2 Å². The van der Waals surface area contributed by atoms with E-state index in [1.165, 1.54) is 6.92 Å². The standard InChI is InChI=1S/C11H18N2O2/c1-8-3-5-13(6-4-8)11(15)10(7-14)9(2)12/h7-8,12,14H,3-6H2,1-2H3/b10-7+,12-9?. The van der Waals surface area contributed by atoms with E-state index in [1.54, 1.807) is 4.90 Å². The van der Waals surface area contributed by atoms with E-state index in [2.05, 4.69) is 6.92 Å². The molecule has 1 rings (SSSR count). The molecule has 0 saturated carbocycles. The zero-order chi connectivity index (χ0) is 11.4. The topological polar surface area (TPSA) is 64.4 Å². The van der Waals surface area contributed by atoms with E-state index in [0.29, 0.717) is 5.92 Å². The van der Waals surface area contributed by atoms with Gasteiger partial charge >= 0.3 is 0 Å². The average molecular weight is 210 g/mol. The molecular formula is C11H18N2O2. The minimum absolute atomic E-state index is 0.101. The van der Waals surface area contributed by atoms with E-state index in [9.17, 15) is 4.79 Å². The van der Waals surface area contributed by atoms with Gasteiger partial charge in [-0.1, -0.05) is 6.92 Å². The maximum Gasteiger partial charge on any atom is 0.258 e. The summed E-state index contributed by atoms with van der Waals surface area (Å²) in [5.41, 5.74) is 0.214. The fourth-order valence-electron chi connectivity index (χ4n) is 1.69. The molecule has 15 heavy (non-hydrogen) atoms. The number of nitrogens with zero attached hydrogens (tertiary/aromatic N) is 1. The molecule has 0 aromatic carbocycles. The Bertz CT molecular complexity index is 289. The van der Waals surface area contributed by atoms with Crippen molar-refractivity contribution in [2.45, 2.75) is 26.7 Å². The van der Waals surface area contributed by atoms with Crippen LogP contribution >= 0.6 is 0 Å². The molecular weight excluding hydrogens is 192 g/mol. The Morgan fingerprint density at radius 1 is 1.47 bits per heavy atom. The monoisotopic (exact) mass is 210 g/mol. The summed E-state index contributed by atoms with van der Waals surface area (Å²) in [5.74, 6) is 0.439. The lowest BCUT2D eigenvalue weighted by atomic mass is 9.98. The third-order valence-corrected chi connectivity index (χ3v) is 2.83. The van der Waals surface area contributed by atoms with Crippen LogP contribution in [0, 0.1) is 11.3 Å². The van der Waals surface area contributed by atoms with Crippen molar-refractivity contribution in [2.75, 3.05) is 13.1 Å². The van der Waals surface area contributed by atoms with Gasteiger partial charge in [-0.25, -0.2) is 0 Å². The first-order valence-corrected chi connectivity index (χ1v) is 5.25. The largest absolute Gasteiger partial charge is 0.515 e. The molecule has 0 aromatic rings. The highest BCUT2D eigenvalue weighted by molar-refractivity contribution is 6.19.